The van der Waals surface area contributed by atoms with Crippen LogP contribution in [0.3, 0.4) is 0 Å². The first-order valence-electron chi connectivity index (χ1n) is 4.88. The zero-order chi connectivity index (χ0) is 11.3. The molecule has 1 unspecified atom stereocenters. The van der Waals surface area contributed by atoms with E-state index < -0.39 is 6.10 Å². The summed E-state index contributed by atoms with van der Waals surface area (Å²) in [7, 11) is 0. The Bertz CT molecular complexity index is 316. The number of hydrogen-bond donors (Lipinski definition) is 1. The standard InChI is InChI=1S/C12H14Br2O/c1-2-3-4-5-12(15)9-6-10(13)8-11(14)7-9/h2,6-8,12,15H,1,3-5H2. The molecule has 82 valence electrons. The van der Waals surface area contributed by atoms with Gasteiger partial charge in [0.25, 0.3) is 0 Å². The predicted octanol–water partition coefficient (Wildman–Crippen LogP) is 4.60. The third-order valence-electron chi connectivity index (χ3n) is 2.16. The quantitative estimate of drug-likeness (QED) is 0.616. The van der Waals surface area contributed by atoms with E-state index in [2.05, 4.69) is 38.4 Å². The Balaban J connectivity index is 2.64. The summed E-state index contributed by atoms with van der Waals surface area (Å²) in [6.07, 6.45) is 4.18. The van der Waals surface area contributed by atoms with Crippen molar-refractivity contribution in [3.63, 3.8) is 0 Å². The van der Waals surface area contributed by atoms with Crippen LogP contribution in [-0.2, 0) is 0 Å². The van der Waals surface area contributed by atoms with Crippen molar-refractivity contribution in [1.29, 1.82) is 0 Å². The molecule has 1 nitrogen and oxygen atoms in total. The lowest BCUT2D eigenvalue weighted by molar-refractivity contribution is 0.165. The van der Waals surface area contributed by atoms with Gasteiger partial charge in [0.1, 0.15) is 0 Å². The summed E-state index contributed by atoms with van der Waals surface area (Å²) in [5, 5.41) is 9.92. The van der Waals surface area contributed by atoms with Crippen molar-refractivity contribution in [3.8, 4) is 0 Å². The topological polar surface area (TPSA) is 20.2 Å². The summed E-state index contributed by atoms with van der Waals surface area (Å²) in [6.45, 7) is 3.66. The van der Waals surface area contributed by atoms with Gasteiger partial charge in [0.05, 0.1) is 6.10 Å². The summed E-state index contributed by atoms with van der Waals surface area (Å²) in [6, 6.07) is 5.85. The minimum atomic E-state index is -0.390. The second-order valence-electron chi connectivity index (χ2n) is 3.44. The van der Waals surface area contributed by atoms with Crippen LogP contribution < -0.4 is 0 Å². The average molecular weight is 334 g/mol. The van der Waals surface area contributed by atoms with Gasteiger partial charge in [-0.15, -0.1) is 6.58 Å². The fourth-order valence-electron chi connectivity index (χ4n) is 1.39. The maximum Gasteiger partial charge on any atom is 0.0791 e. The molecule has 0 aliphatic carbocycles. The molecule has 0 spiro atoms. The third-order valence-corrected chi connectivity index (χ3v) is 3.07. The van der Waals surface area contributed by atoms with Crippen molar-refractivity contribution < 1.29 is 5.11 Å². The molecule has 0 heterocycles. The van der Waals surface area contributed by atoms with E-state index in [1.807, 2.05) is 24.3 Å². The number of hydrogen-bond acceptors (Lipinski definition) is 1. The van der Waals surface area contributed by atoms with Crippen LogP contribution in [0.2, 0.25) is 0 Å². The fourth-order valence-corrected chi connectivity index (χ4v) is 2.72. The molecule has 0 aliphatic rings. The number of halogens is 2. The molecule has 0 fully saturated rings. The third kappa shape index (κ3) is 4.49. The van der Waals surface area contributed by atoms with Gasteiger partial charge in [-0.2, -0.15) is 0 Å². The predicted molar refractivity (Wildman–Crippen MR) is 70.8 cm³/mol. The highest BCUT2D eigenvalue weighted by Crippen LogP contribution is 2.26. The summed E-state index contributed by atoms with van der Waals surface area (Å²) in [5.74, 6) is 0. The highest BCUT2D eigenvalue weighted by molar-refractivity contribution is 9.11. The van der Waals surface area contributed by atoms with E-state index in [4.69, 9.17) is 0 Å². The van der Waals surface area contributed by atoms with Crippen molar-refractivity contribution in [2.75, 3.05) is 0 Å². The van der Waals surface area contributed by atoms with E-state index in [1.54, 1.807) is 0 Å². The molecule has 0 saturated heterocycles. The van der Waals surface area contributed by atoms with Gasteiger partial charge in [-0.1, -0.05) is 37.9 Å². The van der Waals surface area contributed by atoms with Gasteiger partial charge in [0, 0.05) is 8.95 Å². The first-order chi connectivity index (χ1) is 7.13. The smallest absolute Gasteiger partial charge is 0.0791 e. The van der Waals surface area contributed by atoms with E-state index >= 15 is 0 Å². The van der Waals surface area contributed by atoms with Crippen LogP contribution in [0.15, 0.2) is 39.8 Å². The van der Waals surface area contributed by atoms with Gasteiger partial charge in [-0.25, -0.2) is 0 Å². The second kappa shape index (κ2) is 6.46. The molecule has 0 aromatic heterocycles. The molecule has 1 N–H and O–H groups in total. The molecule has 0 aliphatic heterocycles. The maximum absolute atomic E-state index is 9.92. The summed E-state index contributed by atoms with van der Waals surface area (Å²) in [4.78, 5) is 0. The van der Waals surface area contributed by atoms with Gasteiger partial charge >= 0.3 is 0 Å². The SMILES string of the molecule is C=CCCCC(O)c1cc(Br)cc(Br)c1. The Morgan fingerprint density at radius 2 is 1.87 bits per heavy atom. The number of benzene rings is 1. The maximum atomic E-state index is 9.92. The second-order valence-corrected chi connectivity index (χ2v) is 5.27. The molecular weight excluding hydrogens is 320 g/mol. The molecule has 15 heavy (non-hydrogen) atoms. The van der Waals surface area contributed by atoms with Crippen LogP contribution >= 0.6 is 31.9 Å². The van der Waals surface area contributed by atoms with Crippen LogP contribution in [0.1, 0.15) is 30.9 Å². The lowest BCUT2D eigenvalue weighted by atomic mass is 10.0. The zero-order valence-corrected chi connectivity index (χ0v) is 11.6. The summed E-state index contributed by atoms with van der Waals surface area (Å²) >= 11 is 6.81. The zero-order valence-electron chi connectivity index (χ0n) is 8.42. The average Bonchev–Trinajstić information content (AvgIpc) is 2.16. The lowest BCUT2D eigenvalue weighted by Crippen LogP contribution is -1.97. The lowest BCUT2D eigenvalue weighted by Gasteiger charge is -2.11. The molecule has 1 aromatic carbocycles. The molecule has 1 rings (SSSR count). The fraction of sp³-hybridized carbons (Fsp3) is 0.333. The Morgan fingerprint density at radius 1 is 1.27 bits per heavy atom. The van der Waals surface area contributed by atoms with Crippen LogP contribution in [0.25, 0.3) is 0 Å². The van der Waals surface area contributed by atoms with Crippen LogP contribution in [0, 0.1) is 0 Å². The van der Waals surface area contributed by atoms with E-state index in [0.29, 0.717) is 0 Å². The first kappa shape index (κ1) is 12.9. The van der Waals surface area contributed by atoms with Gasteiger partial charge in [-0.05, 0) is 43.0 Å². The molecule has 1 atom stereocenters. The molecular formula is C12H14Br2O. The highest BCUT2D eigenvalue weighted by Gasteiger charge is 2.08. The summed E-state index contributed by atoms with van der Waals surface area (Å²) in [5.41, 5.74) is 0.945. The van der Waals surface area contributed by atoms with Gasteiger partial charge in [-0.3, -0.25) is 0 Å². The largest absolute Gasteiger partial charge is 0.388 e. The van der Waals surface area contributed by atoms with Crippen molar-refractivity contribution in [2.45, 2.75) is 25.4 Å². The van der Waals surface area contributed by atoms with Gasteiger partial charge in [0.2, 0.25) is 0 Å². The van der Waals surface area contributed by atoms with Crippen molar-refractivity contribution in [3.05, 3.63) is 45.4 Å². The van der Waals surface area contributed by atoms with E-state index in [9.17, 15) is 5.11 Å². The normalized spacial score (nSPS) is 12.5. The van der Waals surface area contributed by atoms with E-state index in [0.717, 1.165) is 33.8 Å². The molecule has 1 aromatic rings. The molecule has 0 amide bonds. The number of unbranched alkanes of at least 4 members (excludes halogenated alkanes) is 1. The monoisotopic (exact) mass is 332 g/mol. The summed E-state index contributed by atoms with van der Waals surface area (Å²) < 4.78 is 1.96. The number of rotatable bonds is 5. The Morgan fingerprint density at radius 3 is 2.40 bits per heavy atom. The Labute approximate surface area is 107 Å². The number of aliphatic hydroxyl groups is 1. The van der Waals surface area contributed by atoms with Crippen LogP contribution in [-0.4, -0.2) is 5.11 Å². The Kier molecular flexibility index (Phi) is 5.58. The van der Waals surface area contributed by atoms with E-state index in [-0.39, 0.29) is 0 Å². The molecule has 0 bridgehead atoms. The number of allylic oxidation sites excluding steroid dienone is 1. The highest BCUT2D eigenvalue weighted by atomic mass is 79.9. The minimum absolute atomic E-state index is 0.390. The van der Waals surface area contributed by atoms with E-state index in [1.165, 1.54) is 0 Å². The van der Waals surface area contributed by atoms with Crippen LogP contribution in [0.4, 0.5) is 0 Å². The first-order valence-corrected chi connectivity index (χ1v) is 6.47. The molecule has 0 saturated carbocycles. The minimum Gasteiger partial charge on any atom is -0.388 e. The van der Waals surface area contributed by atoms with Gasteiger partial charge in [0.15, 0.2) is 0 Å². The van der Waals surface area contributed by atoms with Crippen molar-refractivity contribution in [1.82, 2.24) is 0 Å². The molecule has 3 heteroatoms. The Hall–Kier alpha value is -0.120. The van der Waals surface area contributed by atoms with Gasteiger partial charge < -0.3 is 5.11 Å². The van der Waals surface area contributed by atoms with Crippen LogP contribution in [0.5, 0.6) is 0 Å². The molecule has 0 radical (unpaired) electrons. The van der Waals surface area contributed by atoms with Crippen molar-refractivity contribution in [2.24, 2.45) is 0 Å². The number of aliphatic hydroxyl groups excluding tert-OH is 1. The van der Waals surface area contributed by atoms with Crippen molar-refractivity contribution >= 4 is 31.9 Å².